The fraction of sp³-hybridized carbons (Fsp3) is 0.905. The summed E-state index contributed by atoms with van der Waals surface area (Å²) in [6.45, 7) is 8.51. The monoisotopic (exact) mass is 376 g/mol. The zero-order valence-corrected chi connectivity index (χ0v) is 17.4. The molecule has 0 bridgehead atoms. The van der Waals surface area contributed by atoms with Crippen molar-refractivity contribution in [2.75, 3.05) is 26.2 Å². The van der Waals surface area contributed by atoms with Gasteiger partial charge in [0, 0.05) is 19.6 Å². The number of guanidine groups is 2. The lowest BCUT2D eigenvalue weighted by molar-refractivity contribution is 0.232. The standard InChI is InChI=1S/C21H40N6/c1-3-16(2)19-15-26(21(23)25-19)12-8-7-11-18-13-24-20(22)27(18)14-17-9-5-4-6-10-17/h16-19H,3-15H2,1-2H3,(H2,22,24)(H2,23,25)/t16-,18-,19+/m0/s1. The van der Waals surface area contributed by atoms with Crippen molar-refractivity contribution in [3.05, 3.63) is 0 Å². The maximum Gasteiger partial charge on any atom is 0.191 e. The van der Waals surface area contributed by atoms with E-state index in [-0.39, 0.29) is 0 Å². The van der Waals surface area contributed by atoms with Gasteiger partial charge >= 0.3 is 0 Å². The minimum absolute atomic E-state index is 0.379. The van der Waals surface area contributed by atoms with Crippen molar-refractivity contribution in [2.45, 2.75) is 83.7 Å². The van der Waals surface area contributed by atoms with Crippen molar-refractivity contribution in [3.8, 4) is 0 Å². The van der Waals surface area contributed by atoms with Crippen molar-refractivity contribution in [1.82, 2.24) is 9.80 Å². The number of hydrogen-bond acceptors (Lipinski definition) is 6. The highest BCUT2D eigenvalue weighted by Gasteiger charge is 2.29. The third-order valence-corrected chi connectivity index (χ3v) is 6.92. The van der Waals surface area contributed by atoms with Crippen LogP contribution in [0, 0.1) is 11.8 Å². The number of unbranched alkanes of at least 4 members (excludes halogenated alkanes) is 1. The quantitative estimate of drug-likeness (QED) is 0.606. The molecule has 6 nitrogen and oxygen atoms in total. The van der Waals surface area contributed by atoms with E-state index >= 15 is 0 Å². The summed E-state index contributed by atoms with van der Waals surface area (Å²) in [6.07, 6.45) is 11.6. The predicted octanol–water partition coefficient (Wildman–Crippen LogP) is 2.78. The van der Waals surface area contributed by atoms with Gasteiger partial charge in [-0.15, -0.1) is 0 Å². The van der Waals surface area contributed by atoms with Gasteiger partial charge in [0.2, 0.25) is 0 Å². The zero-order chi connectivity index (χ0) is 19.2. The third kappa shape index (κ3) is 5.29. The van der Waals surface area contributed by atoms with Crippen LogP contribution in [0.3, 0.4) is 0 Å². The summed E-state index contributed by atoms with van der Waals surface area (Å²) in [7, 11) is 0. The van der Waals surface area contributed by atoms with Gasteiger partial charge in [-0.2, -0.15) is 0 Å². The van der Waals surface area contributed by atoms with E-state index in [0.717, 1.165) is 56.9 Å². The Hall–Kier alpha value is -1.46. The lowest BCUT2D eigenvalue weighted by atomic mass is 9.88. The van der Waals surface area contributed by atoms with Gasteiger partial charge in [-0.3, -0.25) is 4.99 Å². The van der Waals surface area contributed by atoms with Gasteiger partial charge < -0.3 is 21.3 Å². The van der Waals surface area contributed by atoms with Crippen LogP contribution in [-0.2, 0) is 0 Å². The molecular formula is C21H40N6. The minimum atomic E-state index is 0.379. The number of rotatable bonds is 9. The molecular weight excluding hydrogens is 336 g/mol. The van der Waals surface area contributed by atoms with Gasteiger partial charge in [-0.05, 0) is 43.9 Å². The molecule has 3 rings (SSSR count). The largest absolute Gasteiger partial charge is 0.370 e. The van der Waals surface area contributed by atoms with E-state index in [1.807, 2.05) is 0 Å². The maximum absolute atomic E-state index is 6.20. The number of hydrogen-bond donors (Lipinski definition) is 2. The Bertz CT molecular complexity index is 525. The number of nitrogens with zero attached hydrogens (tertiary/aromatic N) is 4. The molecule has 1 saturated carbocycles. The first-order valence-electron chi connectivity index (χ1n) is 11.2. The lowest BCUT2D eigenvalue weighted by Crippen LogP contribution is -2.44. The van der Waals surface area contributed by atoms with Gasteiger partial charge in [0.15, 0.2) is 11.9 Å². The second kappa shape index (κ2) is 9.65. The molecule has 0 aromatic rings. The molecule has 0 spiro atoms. The van der Waals surface area contributed by atoms with E-state index in [2.05, 4.69) is 33.6 Å². The Balaban J connectivity index is 1.38. The van der Waals surface area contributed by atoms with Gasteiger partial charge in [-0.1, -0.05) is 39.5 Å². The Kier molecular flexibility index (Phi) is 7.25. The molecule has 2 heterocycles. The summed E-state index contributed by atoms with van der Waals surface area (Å²) in [6, 6.07) is 0.883. The number of nitrogens with two attached hydrogens (primary N) is 2. The van der Waals surface area contributed by atoms with Crippen LogP contribution in [0.1, 0.15) is 71.6 Å². The molecule has 4 N–H and O–H groups in total. The molecule has 0 aromatic carbocycles. The molecule has 1 fully saturated rings. The van der Waals surface area contributed by atoms with Crippen LogP contribution in [0.4, 0.5) is 0 Å². The fourth-order valence-electron chi connectivity index (χ4n) is 4.79. The van der Waals surface area contributed by atoms with Crippen LogP contribution < -0.4 is 11.5 Å². The highest BCUT2D eigenvalue weighted by atomic mass is 15.3. The summed E-state index contributed by atoms with van der Waals surface area (Å²) in [5, 5.41) is 0. The maximum atomic E-state index is 6.20. The van der Waals surface area contributed by atoms with E-state index in [4.69, 9.17) is 11.5 Å². The average molecular weight is 377 g/mol. The van der Waals surface area contributed by atoms with Gasteiger partial charge in [0.05, 0.1) is 18.6 Å². The summed E-state index contributed by atoms with van der Waals surface area (Å²) >= 11 is 0. The van der Waals surface area contributed by atoms with E-state index in [9.17, 15) is 0 Å². The second-order valence-electron chi connectivity index (χ2n) is 8.89. The molecule has 154 valence electrons. The highest BCUT2D eigenvalue weighted by Crippen LogP contribution is 2.27. The molecule has 1 aliphatic carbocycles. The Morgan fingerprint density at radius 2 is 1.89 bits per heavy atom. The first-order valence-corrected chi connectivity index (χ1v) is 11.2. The Morgan fingerprint density at radius 1 is 1.11 bits per heavy atom. The molecule has 0 unspecified atom stereocenters. The van der Waals surface area contributed by atoms with E-state index in [1.165, 1.54) is 44.9 Å². The summed E-state index contributed by atoms with van der Waals surface area (Å²) in [5.41, 5.74) is 12.3. The van der Waals surface area contributed by atoms with Gasteiger partial charge in [-0.25, -0.2) is 4.99 Å². The summed E-state index contributed by atoms with van der Waals surface area (Å²) in [5.74, 6) is 2.94. The second-order valence-corrected chi connectivity index (χ2v) is 8.89. The van der Waals surface area contributed by atoms with E-state index in [0.29, 0.717) is 18.0 Å². The summed E-state index contributed by atoms with van der Waals surface area (Å²) < 4.78 is 0. The van der Waals surface area contributed by atoms with Crippen molar-refractivity contribution in [2.24, 2.45) is 33.3 Å². The normalized spacial score (nSPS) is 27.8. The fourth-order valence-corrected chi connectivity index (χ4v) is 4.79. The van der Waals surface area contributed by atoms with E-state index < -0.39 is 0 Å². The van der Waals surface area contributed by atoms with E-state index in [1.54, 1.807) is 0 Å². The van der Waals surface area contributed by atoms with Crippen LogP contribution in [0.5, 0.6) is 0 Å². The van der Waals surface area contributed by atoms with Gasteiger partial charge in [0.1, 0.15) is 0 Å². The Morgan fingerprint density at radius 3 is 2.63 bits per heavy atom. The molecule has 0 radical (unpaired) electrons. The van der Waals surface area contributed by atoms with Crippen LogP contribution in [-0.4, -0.2) is 60.0 Å². The first-order chi connectivity index (χ1) is 13.1. The van der Waals surface area contributed by atoms with Crippen molar-refractivity contribution >= 4 is 11.9 Å². The molecule has 3 atom stereocenters. The molecule has 27 heavy (non-hydrogen) atoms. The first kappa shape index (κ1) is 20.3. The van der Waals surface area contributed by atoms with Crippen LogP contribution in [0.2, 0.25) is 0 Å². The molecule has 2 aliphatic heterocycles. The van der Waals surface area contributed by atoms with Crippen molar-refractivity contribution in [3.63, 3.8) is 0 Å². The molecule has 0 aromatic heterocycles. The van der Waals surface area contributed by atoms with Crippen LogP contribution >= 0.6 is 0 Å². The smallest absolute Gasteiger partial charge is 0.191 e. The van der Waals surface area contributed by atoms with Crippen molar-refractivity contribution < 1.29 is 0 Å². The predicted molar refractivity (Wildman–Crippen MR) is 114 cm³/mol. The van der Waals surface area contributed by atoms with Gasteiger partial charge in [0.25, 0.3) is 0 Å². The molecule has 6 heteroatoms. The SMILES string of the molecule is CC[C@H](C)[C@H]1CN(CCCC[C@H]2CN=C(N)N2CC2CCCCC2)C(N)=N1. The number of aliphatic imine (C=N–C) groups is 2. The minimum Gasteiger partial charge on any atom is -0.370 e. The average Bonchev–Trinajstić information content (AvgIpc) is 3.22. The lowest BCUT2D eigenvalue weighted by Gasteiger charge is -2.32. The highest BCUT2D eigenvalue weighted by molar-refractivity contribution is 5.80. The molecule has 0 saturated heterocycles. The topological polar surface area (TPSA) is 83.2 Å². The Labute approximate surface area is 165 Å². The zero-order valence-electron chi connectivity index (χ0n) is 17.4. The van der Waals surface area contributed by atoms with Crippen LogP contribution in [0.25, 0.3) is 0 Å². The van der Waals surface area contributed by atoms with Crippen LogP contribution in [0.15, 0.2) is 9.98 Å². The molecule has 3 aliphatic rings. The molecule has 0 amide bonds. The third-order valence-electron chi connectivity index (χ3n) is 6.92. The summed E-state index contributed by atoms with van der Waals surface area (Å²) in [4.78, 5) is 13.9. The van der Waals surface area contributed by atoms with Crippen molar-refractivity contribution in [1.29, 1.82) is 0 Å².